The minimum absolute atomic E-state index is 0.610. The first-order chi connectivity index (χ1) is 8.82. The summed E-state index contributed by atoms with van der Waals surface area (Å²) in [5.74, 6) is 2.00. The van der Waals surface area contributed by atoms with Crippen LogP contribution in [0.15, 0.2) is 12.1 Å². The minimum atomic E-state index is 0.610. The summed E-state index contributed by atoms with van der Waals surface area (Å²) in [6.07, 6.45) is 0. The van der Waals surface area contributed by atoms with Crippen LogP contribution in [0, 0.1) is 32.6 Å². The molecule has 0 saturated heterocycles. The summed E-state index contributed by atoms with van der Waals surface area (Å²) in [4.78, 5) is 0. The third-order valence-electron chi connectivity index (χ3n) is 4.25. The molecular formula is C18H31N. The molecule has 2 atom stereocenters. The number of hydrogen-bond donors (Lipinski definition) is 1. The zero-order chi connectivity index (χ0) is 14.6. The Bertz CT molecular complexity index is 406. The number of hydrogen-bond acceptors (Lipinski definition) is 1. The number of benzene rings is 1. The van der Waals surface area contributed by atoms with Crippen LogP contribution in [0.25, 0.3) is 0 Å². The molecule has 0 saturated carbocycles. The molecule has 0 bridgehead atoms. The molecule has 1 aromatic rings. The van der Waals surface area contributed by atoms with Gasteiger partial charge in [-0.3, -0.25) is 0 Å². The topological polar surface area (TPSA) is 12.0 Å². The van der Waals surface area contributed by atoms with Gasteiger partial charge in [-0.2, -0.15) is 0 Å². The fourth-order valence-electron chi connectivity index (χ4n) is 2.56. The first kappa shape index (κ1) is 16.2. The Morgan fingerprint density at radius 1 is 0.842 bits per heavy atom. The highest BCUT2D eigenvalue weighted by molar-refractivity contribution is 5.38. The van der Waals surface area contributed by atoms with Crippen molar-refractivity contribution in [3.05, 3.63) is 34.4 Å². The molecule has 2 unspecified atom stereocenters. The van der Waals surface area contributed by atoms with Crippen LogP contribution in [0.5, 0.6) is 0 Å². The average Bonchev–Trinajstić information content (AvgIpc) is 2.32. The van der Waals surface area contributed by atoms with Crippen molar-refractivity contribution >= 4 is 0 Å². The van der Waals surface area contributed by atoms with Crippen molar-refractivity contribution in [1.29, 1.82) is 0 Å². The second kappa shape index (κ2) is 7.09. The quantitative estimate of drug-likeness (QED) is 0.789. The lowest BCUT2D eigenvalue weighted by Gasteiger charge is -2.24. The minimum Gasteiger partial charge on any atom is -0.316 e. The summed E-state index contributed by atoms with van der Waals surface area (Å²) in [5, 5.41) is 3.58. The highest BCUT2D eigenvalue weighted by Gasteiger charge is 2.16. The fraction of sp³-hybridized carbons (Fsp3) is 0.667. The summed E-state index contributed by atoms with van der Waals surface area (Å²) in [6, 6.07) is 4.71. The van der Waals surface area contributed by atoms with Gasteiger partial charge in [-0.05, 0) is 73.9 Å². The molecular weight excluding hydrogens is 230 g/mol. The van der Waals surface area contributed by atoms with Crippen molar-refractivity contribution in [2.24, 2.45) is 11.8 Å². The third kappa shape index (κ3) is 4.65. The first-order valence-electron chi connectivity index (χ1n) is 7.61. The van der Waals surface area contributed by atoms with Gasteiger partial charge in [-0.15, -0.1) is 0 Å². The van der Waals surface area contributed by atoms with E-state index in [0.29, 0.717) is 11.8 Å². The SMILES string of the molecule is Cc1cc(C)c(C(C)C(C)CNCC(C)C)cc1C. The normalized spacial score (nSPS) is 14.7. The Hall–Kier alpha value is -0.820. The Morgan fingerprint density at radius 3 is 2.00 bits per heavy atom. The van der Waals surface area contributed by atoms with Crippen LogP contribution in [0.2, 0.25) is 0 Å². The molecule has 0 aliphatic carbocycles. The standard InChI is InChI=1S/C18H31N/c1-12(2)10-19-11-16(6)17(7)18-9-14(4)13(3)8-15(18)5/h8-9,12,16-17,19H,10-11H2,1-7H3. The predicted molar refractivity (Wildman–Crippen MR) is 85.9 cm³/mol. The van der Waals surface area contributed by atoms with Gasteiger partial charge in [0.2, 0.25) is 0 Å². The van der Waals surface area contributed by atoms with Crippen molar-refractivity contribution in [3.8, 4) is 0 Å². The molecule has 0 fully saturated rings. The van der Waals surface area contributed by atoms with Crippen molar-refractivity contribution in [2.45, 2.75) is 54.4 Å². The van der Waals surface area contributed by atoms with Crippen molar-refractivity contribution in [2.75, 3.05) is 13.1 Å². The van der Waals surface area contributed by atoms with E-state index in [-0.39, 0.29) is 0 Å². The van der Waals surface area contributed by atoms with Gasteiger partial charge in [-0.25, -0.2) is 0 Å². The van der Waals surface area contributed by atoms with Gasteiger partial charge >= 0.3 is 0 Å². The van der Waals surface area contributed by atoms with Crippen molar-refractivity contribution in [1.82, 2.24) is 5.32 Å². The van der Waals surface area contributed by atoms with E-state index in [4.69, 9.17) is 0 Å². The molecule has 0 radical (unpaired) electrons. The summed E-state index contributed by atoms with van der Waals surface area (Å²) in [7, 11) is 0. The lowest BCUT2D eigenvalue weighted by Crippen LogP contribution is -2.27. The van der Waals surface area contributed by atoms with E-state index in [0.717, 1.165) is 19.0 Å². The monoisotopic (exact) mass is 261 g/mol. The molecule has 19 heavy (non-hydrogen) atoms. The van der Waals surface area contributed by atoms with Crippen molar-refractivity contribution in [3.63, 3.8) is 0 Å². The lowest BCUT2D eigenvalue weighted by molar-refractivity contribution is 0.427. The first-order valence-corrected chi connectivity index (χ1v) is 7.61. The fourth-order valence-corrected chi connectivity index (χ4v) is 2.56. The molecule has 0 aromatic heterocycles. The van der Waals surface area contributed by atoms with Gasteiger partial charge in [0.25, 0.3) is 0 Å². The third-order valence-corrected chi connectivity index (χ3v) is 4.25. The molecule has 0 aliphatic heterocycles. The van der Waals surface area contributed by atoms with Crippen LogP contribution in [0.3, 0.4) is 0 Å². The number of aryl methyl sites for hydroxylation is 3. The van der Waals surface area contributed by atoms with Gasteiger partial charge in [0, 0.05) is 0 Å². The Balaban J connectivity index is 2.71. The van der Waals surface area contributed by atoms with Gasteiger partial charge in [0.15, 0.2) is 0 Å². The summed E-state index contributed by atoms with van der Waals surface area (Å²) < 4.78 is 0. The maximum atomic E-state index is 3.58. The smallest absolute Gasteiger partial charge is 0.00173 e. The molecule has 0 spiro atoms. The second-order valence-electron chi connectivity index (χ2n) is 6.61. The van der Waals surface area contributed by atoms with E-state index in [1.807, 2.05) is 0 Å². The van der Waals surface area contributed by atoms with Gasteiger partial charge in [0.05, 0.1) is 0 Å². The van der Waals surface area contributed by atoms with Crippen LogP contribution in [-0.4, -0.2) is 13.1 Å². The molecule has 1 rings (SSSR count). The van der Waals surface area contributed by atoms with Crippen LogP contribution in [-0.2, 0) is 0 Å². The molecule has 0 heterocycles. The maximum absolute atomic E-state index is 3.58. The summed E-state index contributed by atoms with van der Waals surface area (Å²) in [6.45, 7) is 18.1. The van der Waals surface area contributed by atoms with Crippen LogP contribution in [0.1, 0.15) is 55.9 Å². The second-order valence-corrected chi connectivity index (χ2v) is 6.61. The van der Waals surface area contributed by atoms with Gasteiger partial charge in [-0.1, -0.05) is 39.8 Å². The highest BCUT2D eigenvalue weighted by atomic mass is 14.9. The van der Waals surface area contributed by atoms with Crippen LogP contribution in [0.4, 0.5) is 0 Å². The van der Waals surface area contributed by atoms with E-state index >= 15 is 0 Å². The Kier molecular flexibility index (Phi) is 6.06. The van der Waals surface area contributed by atoms with Gasteiger partial charge < -0.3 is 5.32 Å². The van der Waals surface area contributed by atoms with Gasteiger partial charge in [0.1, 0.15) is 0 Å². The number of rotatable bonds is 6. The maximum Gasteiger partial charge on any atom is -0.00173 e. The Labute approximate surface area is 119 Å². The largest absolute Gasteiger partial charge is 0.316 e. The van der Waals surface area contributed by atoms with E-state index < -0.39 is 0 Å². The van der Waals surface area contributed by atoms with Crippen LogP contribution >= 0.6 is 0 Å². The van der Waals surface area contributed by atoms with E-state index in [2.05, 4.69) is 65.9 Å². The molecule has 1 heteroatoms. The van der Waals surface area contributed by atoms with E-state index in [1.54, 1.807) is 0 Å². The Morgan fingerprint density at radius 2 is 1.42 bits per heavy atom. The lowest BCUT2D eigenvalue weighted by atomic mass is 9.84. The molecule has 1 nitrogen and oxygen atoms in total. The molecule has 1 N–H and O–H groups in total. The zero-order valence-corrected chi connectivity index (χ0v) is 13.8. The molecule has 0 aliphatic rings. The molecule has 108 valence electrons. The summed E-state index contributed by atoms with van der Waals surface area (Å²) in [5.41, 5.74) is 5.77. The number of nitrogens with one attached hydrogen (secondary N) is 1. The average molecular weight is 261 g/mol. The van der Waals surface area contributed by atoms with Crippen LogP contribution < -0.4 is 5.32 Å². The van der Waals surface area contributed by atoms with E-state index in [9.17, 15) is 0 Å². The predicted octanol–water partition coefficient (Wildman–Crippen LogP) is 4.60. The molecule has 1 aromatic carbocycles. The summed E-state index contributed by atoms with van der Waals surface area (Å²) >= 11 is 0. The van der Waals surface area contributed by atoms with Crippen molar-refractivity contribution < 1.29 is 0 Å². The molecule has 0 amide bonds. The van der Waals surface area contributed by atoms with E-state index in [1.165, 1.54) is 22.3 Å². The zero-order valence-electron chi connectivity index (χ0n) is 13.8. The highest BCUT2D eigenvalue weighted by Crippen LogP contribution is 2.28.